The molecule has 1 aliphatic rings. The number of benzene rings is 3. The molecule has 3 aromatic rings. The van der Waals surface area contributed by atoms with Gasteiger partial charge in [0.05, 0.1) is 6.61 Å². The van der Waals surface area contributed by atoms with Crippen LogP contribution < -0.4 is 4.74 Å². The predicted molar refractivity (Wildman–Crippen MR) is 146 cm³/mol. The fraction of sp³-hybridized carbons (Fsp3) is 0.394. The highest BCUT2D eigenvalue weighted by molar-refractivity contribution is 5.65. The third kappa shape index (κ3) is 6.63. The zero-order valence-corrected chi connectivity index (χ0v) is 21.6. The van der Waals surface area contributed by atoms with E-state index >= 15 is 0 Å². The van der Waals surface area contributed by atoms with Crippen LogP contribution in [0.1, 0.15) is 75.0 Å². The minimum absolute atomic E-state index is 0.0447. The van der Waals surface area contributed by atoms with Crippen LogP contribution in [0, 0.1) is 17.6 Å². The van der Waals surface area contributed by atoms with Crippen LogP contribution in [0.15, 0.2) is 72.8 Å². The molecule has 190 valence electrons. The highest BCUT2D eigenvalue weighted by Gasteiger charge is 2.20. The molecule has 0 spiro atoms. The van der Waals surface area contributed by atoms with E-state index in [-0.39, 0.29) is 11.3 Å². The molecular formula is C33H38F2O. The SMILES string of the molecule is CCCc1ccc([C@H]2CC[C@H](C=CCCc3ccc(-c4ccc(OCC)c(F)c4F)cc3)CC2)cc1. The lowest BCUT2D eigenvalue weighted by molar-refractivity contribution is 0.314. The number of halogens is 2. The van der Waals surface area contributed by atoms with E-state index in [2.05, 4.69) is 43.3 Å². The maximum Gasteiger partial charge on any atom is 0.201 e. The molecule has 0 aliphatic heterocycles. The Morgan fingerprint density at radius 3 is 2.11 bits per heavy atom. The fourth-order valence-electron chi connectivity index (χ4n) is 5.30. The van der Waals surface area contributed by atoms with Crippen molar-refractivity contribution in [3.05, 3.63) is 101 Å². The van der Waals surface area contributed by atoms with Gasteiger partial charge in [-0.1, -0.05) is 74.0 Å². The molecule has 3 aromatic carbocycles. The molecule has 3 heteroatoms. The molecule has 1 aliphatic carbocycles. The van der Waals surface area contributed by atoms with E-state index in [4.69, 9.17) is 4.74 Å². The minimum Gasteiger partial charge on any atom is -0.491 e. The molecule has 1 saturated carbocycles. The lowest BCUT2D eigenvalue weighted by atomic mass is 9.78. The van der Waals surface area contributed by atoms with Gasteiger partial charge in [0, 0.05) is 5.56 Å². The average Bonchev–Trinajstić information content (AvgIpc) is 2.91. The zero-order valence-electron chi connectivity index (χ0n) is 21.6. The van der Waals surface area contributed by atoms with E-state index in [1.807, 2.05) is 24.3 Å². The van der Waals surface area contributed by atoms with Crippen molar-refractivity contribution < 1.29 is 13.5 Å². The highest BCUT2D eigenvalue weighted by Crippen LogP contribution is 2.36. The highest BCUT2D eigenvalue weighted by atomic mass is 19.2. The Kier molecular flexibility index (Phi) is 9.33. The minimum atomic E-state index is -0.928. The summed E-state index contributed by atoms with van der Waals surface area (Å²) in [6.07, 6.45) is 14.1. The molecule has 0 N–H and O–H groups in total. The Balaban J connectivity index is 1.24. The summed E-state index contributed by atoms with van der Waals surface area (Å²) in [5, 5.41) is 0. The quantitative estimate of drug-likeness (QED) is 0.258. The average molecular weight is 489 g/mol. The number of ether oxygens (including phenoxy) is 1. The number of rotatable bonds is 10. The van der Waals surface area contributed by atoms with Crippen molar-refractivity contribution in [2.75, 3.05) is 6.61 Å². The third-order valence-electron chi connectivity index (χ3n) is 7.38. The second-order valence-corrected chi connectivity index (χ2v) is 9.94. The maximum atomic E-state index is 14.5. The Hall–Kier alpha value is -2.94. The molecule has 36 heavy (non-hydrogen) atoms. The van der Waals surface area contributed by atoms with Gasteiger partial charge in [-0.15, -0.1) is 0 Å². The van der Waals surface area contributed by atoms with Crippen molar-refractivity contribution in [3.8, 4) is 16.9 Å². The van der Waals surface area contributed by atoms with Crippen LogP contribution in [-0.2, 0) is 12.8 Å². The van der Waals surface area contributed by atoms with Crippen molar-refractivity contribution in [2.45, 2.75) is 71.1 Å². The molecule has 0 saturated heterocycles. The first-order valence-electron chi connectivity index (χ1n) is 13.5. The Labute approximate surface area is 215 Å². The van der Waals surface area contributed by atoms with Crippen LogP contribution in [0.2, 0.25) is 0 Å². The van der Waals surface area contributed by atoms with Gasteiger partial charge in [0.15, 0.2) is 11.6 Å². The number of allylic oxidation sites excluding steroid dienone is 2. The lowest BCUT2D eigenvalue weighted by Gasteiger charge is -2.27. The first kappa shape index (κ1) is 26.1. The van der Waals surface area contributed by atoms with Gasteiger partial charge in [-0.25, -0.2) is 4.39 Å². The van der Waals surface area contributed by atoms with Crippen LogP contribution in [0.4, 0.5) is 8.78 Å². The van der Waals surface area contributed by atoms with Crippen LogP contribution in [0.3, 0.4) is 0 Å². The Bertz CT molecular complexity index is 1120. The zero-order chi connectivity index (χ0) is 25.3. The first-order valence-corrected chi connectivity index (χ1v) is 13.5. The molecule has 0 aromatic heterocycles. The normalized spacial score (nSPS) is 18.0. The molecule has 4 rings (SSSR count). The van der Waals surface area contributed by atoms with E-state index in [0.29, 0.717) is 24.0 Å². The van der Waals surface area contributed by atoms with Gasteiger partial charge in [0.1, 0.15) is 0 Å². The van der Waals surface area contributed by atoms with Crippen LogP contribution in [-0.4, -0.2) is 6.61 Å². The van der Waals surface area contributed by atoms with Gasteiger partial charge < -0.3 is 4.74 Å². The summed E-state index contributed by atoms with van der Waals surface area (Å²) in [5.41, 5.74) is 5.09. The summed E-state index contributed by atoms with van der Waals surface area (Å²) in [5.74, 6) is -0.447. The van der Waals surface area contributed by atoms with Crippen LogP contribution in [0.5, 0.6) is 5.75 Å². The summed E-state index contributed by atoms with van der Waals surface area (Å²) < 4.78 is 33.9. The Morgan fingerprint density at radius 1 is 0.778 bits per heavy atom. The van der Waals surface area contributed by atoms with Gasteiger partial charge in [0.2, 0.25) is 5.82 Å². The summed E-state index contributed by atoms with van der Waals surface area (Å²) >= 11 is 0. The summed E-state index contributed by atoms with van der Waals surface area (Å²) in [4.78, 5) is 0. The lowest BCUT2D eigenvalue weighted by Crippen LogP contribution is -2.11. The van der Waals surface area contributed by atoms with Gasteiger partial charge in [0.25, 0.3) is 0 Å². The van der Waals surface area contributed by atoms with Gasteiger partial charge >= 0.3 is 0 Å². The largest absolute Gasteiger partial charge is 0.491 e. The molecule has 1 fully saturated rings. The molecule has 0 atom stereocenters. The molecule has 0 bridgehead atoms. The summed E-state index contributed by atoms with van der Waals surface area (Å²) in [7, 11) is 0. The van der Waals surface area contributed by atoms with E-state index in [9.17, 15) is 8.78 Å². The standard InChI is InChI=1S/C33H38F2O/c1-3-7-24-10-16-27(17-11-24)28-18-12-25(13-19-28)8-5-6-9-26-14-20-29(21-15-26)30-22-23-31(36-4-2)33(35)32(30)34/h5,8,10-11,14-17,20-23,25,28H,3-4,6-7,9,12-13,18-19H2,1-2H3/t25-,28-. The van der Waals surface area contributed by atoms with Crippen molar-refractivity contribution in [2.24, 2.45) is 5.92 Å². The monoisotopic (exact) mass is 488 g/mol. The van der Waals surface area contributed by atoms with E-state index in [0.717, 1.165) is 12.8 Å². The van der Waals surface area contributed by atoms with Crippen LogP contribution in [0.25, 0.3) is 11.1 Å². The molecule has 0 radical (unpaired) electrons. The fourth-order valence-corrected chi connectivity index (χ4v) is 5.30. The van der Waals surface area contributed by atoms with E-state index in [1.54, 1.807) is 13.0 Å². The second kappa shape index (κ2) is 12.9. The molecule has 0 amide bonds. The van der Waals surface area contributed by atoms with E-state index < -0.39 is 11.6 Å². The summed E-state index contributed by atoms with van der Waals surface area (Å²) in [6.45, 7) is 4.28. The van der Waals surface area contributed by atoms with Crippen LogP contribution >= 0.6 is 0 Å². The molecular weight excluding hydrogens is 450 g/mol. The first-order chi connectivity index (χ1) is 17.6. The van der Waals surface area contributed by atoms with Crippen molar-refractivity contribution >= 4 is 0 Å². The second-order valence-electron chi connectivity index (χ2n) is 9.94. The van der Waals surface area contributed by atoms with Crippen molar-refractivity contribution in [1.82, 2.24) is 0 Å². The topological polar surface area (TPSA) is 9.23 Å². The summed E-state index contributed by atoms with van der Waals surface area (Å²) in [6, 6.07) is 20.1. The Morgan fingerprint density at radius 2 is 1.44 bits per heavy atom. The van der Waals surface area contributed by atoms with Gasteiger partial charge in [-0.3, -0.25) is 0 Å². The van der Waals surface area contributed by atoms with Crippen molar-refractivity contribution in [1.29, 1.82) is 0 Å². The van der Waals surface area contributed by atoms with E-state index in [1.165, 1.54) is 61.3 Å². The van der Waals surface area contributed by atoms with Crippen molar-refractivity contribution in [3.63, 3.8) is 0 Å². The molecule has 0 heterocycles. The number of hydrogen-bond acceptors (Lipinski definition) is 1. The third-order valence-corrected chi connectivity index (χ3v) is 7.38. The molecule has 0 unspecified atom stereocenters. The van der Waals surface area contributed by atoms with Gasteiger partial charge in [-0.05, 0) is 98.1 Å². The predicted octanol–water partition coefficient (Wildman–Crippen LogP) is 9.45. The smallest absolute Gasteiger partial charge is 0.201 e. The number of hydrogen-bond donors (Lipinski definition) is 0. The molecule has 1 nitrogen and oxygen atoms in total. The number of aryl methyl sites for hydroxylation is 2. The maximum absolute atomic E-state index is 14.5. The van der Waals surface area contributed by atoms with Gasteiger partial charge in [-0.2, -0.15) is 4.39 Å².